The number of carbonyl (C=O) groups excluding carboxylic acids is 2. The normalized spacial score (nSPS) is 14.8. The lowest BCUT2D eigenvalue weighted by atomic mass is 9.85. The van der Waals surface area contributed by atoms with Crippen LogP contribution in [-0.2, 0) is 11.3 Å². The monoisotopic (exact) mass is 645 g/mol. The Balaban J connectivity index is 1.06. The lowest BCUT2D eigenvalue weighted by molar-refractivity contribution is -0.108. The van der Waals surface area contributed by atoms with Gasteiger partial charge in [0.15, 0.2) is 0 Å². The zero-order valence-corrected chi connectivity index (χ0v) is 26.8. The van der Waals surface area contributed by atoms with Crippen molar-refractivity contribution in [2.75, 3.05) is 26.7 Å². The number of phenols is 1. The number of hydrogen-bond donors (Lipinski definition) is 4. The van der Waals surface area contributed by atoms with Gasteiger partial charge in [0.2, 0.25) is 5.56 Å². The number of aromatic nitrogens is 1. The summed E-state index contributed by atoms with van der Waals surface area (Å²) in [4.78, 5) is 41.8. The van der Waals surface area contributed by atoms with E-state index >= 15 is 0 Å². The Morgan fingerprint density at radius 1 is 0.979 bits per heavy atom. The molecule has 0 spiro atoms. The first-order valence-electron chi connectivity index (χ1n) is 16.2. The van der Waals surface area contributed by atoms with Gasteiger partial charge in [0.1, 0.15) is 17.8 Å². The third-order valence-electron chi connectivity index (χ3n) is 9.25. The Morgan fingerprint density at radius 2 is 1.75 bits per heavy atom. The summed E-state index contributed by atoms with van der Waals surface area (Å²) in [5.41, 5.74) is 5.07. The number of nitrogens with zero attached hydrogens (tertiary/aromatic N) is 1. The van der Waals surface area contributed by atoms with Crippen LogP contribution in [-0.4, -0.2) is 59.0 Å². The summed E-state index contributed by atoms with van der Waals surface area (Å²) in [6, 6.07) is 29.6. The summed E-state index contributed by atoms with van der Waals surface area (Å²) < 4.78 is 5.63. The van der Waals surface area contributed by atoms with E-state index in [0.29, 0.717) is 47.8 Å². The fourth-order valence-corrected chi connectivity index (χ4v) is 6.64. The molecule has 1 aliphatic heterocycles. The van der Waals surface area contributed by atoms with Crippen LogP contribution in [0, 0.1) is 0 Å². The maximum Gasteiger partial charge on any atom is 0.257 e. The Labute approximate surface area is 278 Å². The van der Waals surface area contributed by atoms with E-state index in [1.807, 2.05) is 59.5 Å². The van der Waals surface area contributed by atoms with Crippen LogP contribution in [0.25, 0.3) is 10.9 Å². The van der Waals surface area contributed by atoms with Gasteiger partial charge < -0.3 is 34.9 Å². The third kappa shape index (κ3) is 7.02. The molecular weight excluding hydrogens is 606 g/mol. The van der Waals surface area contributed by atoms with Crippen molar-refractivity contribution in [2.45, 2.75) is 37.3 Å². The van der Waals surface area contributed by atoms with Crippen molar-refractivity contribution in [1.29, 1.82) is 0 Å². The van der Waals surface area contributed by atoms with Crippen LogP contribution in [0.2, 0.25) is 0 Å². The standard InChI is InChI=1S/C39H39N3O6/c1-48-36-20-25(22-40-23-35(45)30-12-14-34(44)38-31(30)13-15-37(46)41-38)10-11-32(36)39(47)42-18-16-26(17-19-42)28-8-5-9-29(21-28)33(24-43)27-6-3-2-4-7-27/h2-15,20-21,24,26,33,35,40,44-45H,16-19,22-23H2,1H3,(H,41,46). The number of fused-ring (bicyclic) bond motifs is 1. The molecule has 6 rings (SSSR count). The largest absolute Gasteiger partial charge is 0.506 e. The molecule has 1 aliphatic rings. The molecule has 1 amide bonds. The molecule has 9 nitrogen and oxygen atoms in total. The number of hydrogen-bond acceptors (Lipinski definition) is 7. The number of rotatable bonds is 11. The van der Waals surface area contributed by atoms with E-state index in [1.54, 1.807) is 25.3 Å². The van der Waals surface area contributed by atoms with Crippen molar-refractivity contribution < 1.29 is 24.5 Å². The fourth-order valence-electron chi connectivity index (χ4n) is 6.64. The Kier molecular flexibility index (Phi) is 9.99. The molecule has 48 heavy (non-hydrogen) atoms. The lowest BCUT2D eigenvalue weighted by Gasteiger charge is -2.33. The number of likely N-dealkylation sites (tertiary alicyclic amines) is 1. The zero-order chi connectivity index (χ0) is 33.6. The average molecular weight is 646 g/mol. The molecule has 5 aromatic rings. The smallest absolute Gasteiger partial charge is 0.257 e. The van der Waals surface area contributed by atoms with Crippen molar-refractivity contribution in [3.05, 3.63) is 141 Å². The minimum atomic E-state index is -0.887. The summed E-state index contributed by atoms with van der Waals surface area (Å²) in [5.74, 6) is 0.344. The van der Waals surface area contributed by atoms with Gasteiger partial charge >= 0.3 is 0 Å². The SMILES string of the molecule is COc1cc(CNCC(O)c2ccc(O)c3[nH]c(=O)ccc23)ccc1C(=O)N1CCC(c2cccc(C(C=O)c3ccccc3)c2)CC1. The van der Waals surface area contributed by atoms with Crippen molar-refractivity contribution >= 4 is 23.1 Å². The molecule has 9 heteroatoms. The number of H-pyrrole nitrogens is 1. The van der Waals surface area contributed by atoms with Crippen LogP contribution in [0.1, 0.15) is 69.0 Å². The highest BCUT2D eigenvalue weighted by molar-refractivity contribution is 5.97. The highest BCUT2D eigenvalue weighted by Crippen LogP contribution is 2.33. The maximum atomic E-state index is 13.6. The predicted molar refractivity (Wildman–Crippen MR) is 185 cm³/mol. The minimum Gasteiger partial charge on any atom is -0.506 e. The minimum absolute atomic E-state index is 0.0594. The number of phenolic OH excluding ortho intramolecular Hbond substituents is 1. The zero-order valence-electron chi connectivity index (χ0n) is 26.8. The first kappa shape index (κ1) is 32.7. The number of methoxy groups -OCH3 is 1. The number of ether oxygens (including phenoxy) is 1. The lowest BCUT2D eigenvalue weighted by Crippen LogP contribution is -2.38. The number of aromatic amines is 1. The van der Waals surface area contributed by atoms with E-state index in [0.717, 1.165) is 35.8 Å². The van der Waals surface area contributed by atoms with Gasteiger partial charge in [0.05, 0.1) is 30.2 Å². The highest BCUT2D eigenvalue weighted by Gasteiger charge is 2.27. The number of carbonyl (C=O) groups is 2. The van der Waals surface area contributed by atoms with Gasteiger partial charge in [-0.15, -0.1) is 0 Å². The molecule has 0 bridgehead atoms. The number of aromatic hydroxyl groups is 1. The first-order valence-corrected chi connectivity index (χ1v) is 16.2. The molecule has 246 valence electrons. The van der Waals surface area contributed by atoms with Crippen LogP contribution in [0.15, 0.2) is 102 Å². The van der Waals surface area contributed by atoms with Gasteiger partial charge in [0.25, 0.3) is 5.91 Å². The topological polar surface area (TPSA) is 132 Å². The van der Waals surface area contributed by atoms with Crippen LogP contribution in [0.5, 0.6) is 11.5 Å². The van der Waals surface area contributed by atoms with Crippen LogP contribution in [0.3, 0.4) is 0 Å². The van der Waals surface area contributed by atoms with E-state index in [9.17, 15) is 24.6 Å². The second kappa shape index (κ2) is 14.7. The summed E-state index contributed by atoms with van der Waals surface area (Å²) in [6.07, 6.45) is 1.76. The molecular formula is C39H39N3O6. The van der Waals surface area contributed by atoms with Gasteiger partial charge in [-0.05, 0) is 70.8 Å². The number of pyridine rings is 1. The molecule has 2 atom stereocenters. The summed E-state index contributed by atoms with van der Waals surface area (Å²) in [7, 11) is 1.55. The van der Waals surface area contributed by atoms with Crippen LogP contribution >= 0.6 is 0 Å². The van der Waals surface area contributed by atoms with E-state index in [2.05, 4.69) is 22.4 Å². The Morgan fingerprint density at radius 3 is 2.50 bits per heavy atom. The van der Waals surface area contributed by atoms with Gasteiger partial charge in [0, 0.05) is 37.6 Å². The van der Waals surface area contributed by atoms with Crippen LogP contribution < -0.4 is 15.6 Å². The van der Waals surface area contributed by atoms with Crippen molar-refractivity contribution in [2.24, 2.45) is 0 Å². The van der Waals surface area contributed by atoms with E-state index in [4.69, 9.17) is 4.74 Å². The molecule has 2 unspecified atom stereocenters. The molecule has 1 saturated heterocycles. The number of aliphatic hydroxyl groups is 1. The number of benzene rings is 4. The maximum absolute atomic E-state index is 13.6. The summed E-state index contributed by atoms with van der Waals surface area (Å²) >= 11 is 0. The molecule has 1 fully saturated rings. The predicted octanol–water partition coefficient (Wildman–Crippen LogP) is 5.42. The number of nitrogens with one attached hydrogen (secondary N) is 2. The highest BCUT2D eigenvalue weighted by atomic mass is 16.5. The summed E-state index contributed by atoms with van der Waals surface area (Å²) in [5, 5.41) is 24.8. The van der Waals surface area contributed by atoms with Gasteiger partial charge in [-0.3, -0.25) is 9.59 Å². The van der Waals surface area contributed by atoms with Gasteiger partial charge in [-0.1, -0.05) is 66.7 Å². The van der Waals surface area contributed by atoms with E-state index < -0.39 is 6.10 Å². The van der Waals surface area contributed by atoms with Crippen molar-refractivity contribution in [3.63, 3.8) is 0 Å². The molecule has 4 N–H and O–H groups in total. The van der Waals surface area contributed by atoms with E-state index in [-0.39, 0.29) is 35.2 Å². The number of aliphatic hydroxyl groups excluding tert-OH is 1. The number of aldehydes is 1. The van der Waals surface area contributed by atoms with Gasteiger partial charge in [-0.2, -0.15) is 0 Å². The van der Waals surface area contributed by atoms with Crippen molar-refractivity contribution in [1.82, 2.24) is 15.2 Å². The summed E-state index contributed by atoms with van der Waals surface area (Å²) in [6.45, 7) is 1.89. The molecule has 2 heterocycles. The molecule has 4 aromatic carbocycles. The second-order valence-electron chi connectivity index (χ2n) is 12.2. The Hall–Kier alpha value is -5.25. The van der Waals surface area contributed by atoms with Gasteiger partial charge in [-0.25, -0.2) is 0 Å². The number of amides is 1. The second-order valence-corrected chi connectivity index (χ2v) is 12.2. The molecule has 0 radical (unpaired) electrons. The molecule has 0 saturated carbocycles. The Bertz CT molecular complexity index is 1970. The number of piperidine rings is 1. The molecule has 0 aliphatic carbocycles. The average Bonchev–Trinajstić information content (AvgIpc) is 3.12. The molecule has 1 aromatic heterocycles. The van der Waals surface area contributed by atoms with Crippen LogP contribution in [0.4, 0.5) is 0 Å². The fraction of sp³-hybridized carbons (Fsp3) is 0.256. The van der Waals surface area contributed by atoms with E-state index in [1.165, 1.54) is 17.7 Å². The first-order chi connectivity index (χ1) is 23.4. The van der Waals surface area contributed by atoms with Crippen molar-refractivity contribution in [3.8, 4) is 11.5 Å². The third-order valence-corrected chi connectivity index (χ3v) is 9.25. The quantitative estimate of drug-likeness (QED) is 0.141.